The van der Waals surface area contributed by atoms with Gasteiger partial charge in [0.15, 0.2) is 0 Å². The minimum absolute atomic E-state index is 0.0105. The Labute approximate surface area is 105 Å². The van der Waals surface area contributed by atoms with Crippen LogP contribution in [-0.4, -0.2) is 18.3 Å². The number of benzene rings is 1. The Hall–Kier alpha value is -1.59. The van der Waals surface area contributed by atoms with Gasteiger partial charge in [-0.1, -0.05) is 29.8 Å². The van der Waals surface area contributed by atoms with E-state index in [1.54, 1.807) is 6.07 Å². The second kappa shape index (κ2) is 6.88. The third kappa shape index (κ3) is 5.33. The van der Waals surface area contributed by atoms with Gasteiger partial charge in [-0.05, 0) is 19.9 Å². The van der Waals surface area contributed by atoms with Crippen LogP contribution in [0.5, 0.6) is 0 Å². The van der Waals surface area contributed by atoms with E-state index in [0.29, 0.717) is 5.02 Å². The molecule has 0 unspecified atom stereocenters. The lowest BCUT2D eigenvalue weighted by atomic mass is 10.2. The van der Waals surface area contributed by atoms with Crippen LogP contribution in [0.15, 0.2) is 34.5 Å². The fourth-order valence-corrected chi connectivity index (χ4v) is 1.12. The van der Waals surface area contributed by atoms with E-state index in [0.717, 1.165) is 5.56 Å². The van der Waals surface area contributed by atoms with Crippen LogP contribution in [-0.2, 0) is 4.84 Å². The van der Waals surface area contributed by atoms with Crippen LogP contribution >= 0.6 is 11.6 Å². The van der Waals surface area contributed by atoms with Gasteiger partial charge in [0.05, 0.1) is 12.3 Å². The van der Waals surface area contributed by atoms with E-state index in [9.17, 15) is 0 Å². The molecule has 1 rings (SSSR count). The highest BCUT2D eigenvalue weighted by molar-refractivity contribution is 6.33. The first-order valence-electron chi connectivity index (χ1n) is 5.12. The Balaban J connectivity index is 2.54. The summed E-state index contributed by atoms with van der Waals surface area (Å²) >= 11 is 5.93. The predicted molar refractivity (Wildman–Crippen MR) is 70.0 cm³/mol. The van der Waals surface area contributed by atoms with Crippen molar-refractivity contribution in [1.82, 2.24) is 5.48 Å². The van der Waals surface area contributed by atoms with Crippen molar-refractivity contribution in [3.63, 3.8) is 0 Å². The topological polar surface area (TPSA) is 72.0 Å². The quantitative estimate of drug-likeness (QED) is 0.490. The molecule has 0 aliphatic rings. The number of hydroxylamine groups is 1. The predicted octanol–water partition coefficient (Wildman–Crippen LogP) is 1.92. The maximum absolute atomic E-state index is 5.93. The van der Waals surface area contributed by atoms with E-state index in [1.165, 1.54) is 6.21 Å². The van der Waals surface area contributed by atoms with Crippen molar-refractivity contribution in [3.05, 3.63) is 34.9 Å². The molecule has 0 aromatic heterocycles. The van der Waals surface area contributed by atoms with Gasteiger partial charge in [-0.3, -0.25) is 4.84 Å². The first-order valence-corrected chi connectivity index (χ1v) is 5.50. The highest BCUT2D eigenvalue weighted by atomic mass is 35.5. The van der Waals surface area contributed by atoms with Gasteiger partial charge in [0.2, 0.25) is 5.96 Å². The number of nitrogens with one attached hydrogen (secondary N) is 1. The standard InChI is InChI=1S/C11H15ClN4O/c1-8(2)17-16-11(13)15-14-7-9-5-3-4-6-10(9)12/h3-8H,1-2H3,(H3,13,15,16). The summed E-state index contributed by atoms with van der Waals surface area (Å²) < 4.78 is 0. The first-order chi connectivity index (χ1) is 8.09. The monoisotopic (exact) mass is 254 g/mol. The molecule has 0 heterocycles. The van der Waals surface area contributed by atoms with E-state index in [4.69, 9.17) is 22.2 Å². The molecule has 0 aliphatic carbocycles. The average molecular weight is 255 g/mol. The molecular weight excluding hydrogens is 240 g/mol. The van der Waals surface area contributed by atoms with Crippen LogP contribution in [0.25, 0.3) is 0 Å². The lowest BCUT2D eigenvalue weighted by Gasteiger charge is -2.06. The molecule has 0 spiro atoms. The molecule has 0 amide bonds. The molecule has 6 heteroatoms. The summed E-state index contributed by atoms with van der Waals surface area (Å²) in [4.78, 5) is 5.02. The van der Waals surface area contributed by atoms with E-state index < -0.39 is 0 Å². The van der Waals surface area contributed by atoms with Crippen molar-refractivity contribution >= 4 is 23.8 Å². The molecule has 3 N–H and O–H groups in total. The minimum atomic E-state index is 0.0105. The molecule has 0 radical (unpaired) electrons. The Bertz CT molecular complexity index is 418. The van der Waals surface area contributed by atoms with Crippen LogP contribution in [0.1, 0.15) is 19.4 Å². The molecule has 0 saturated heterocycles. The largest absolute Gasteiger partial charge is 0.367 e. The zero-order valence-electron chi connectivity index (χ0n) is 9.72. The number of nitrogens with zero attached hydrogens (tertiary/aromatic N) is 2. The summed E-state index contributed by atoms with van der Waals surface area (Å²) in [5.41, 5.74) is 8.73. The molecule has 0 atom stereocenters. The third-order valence-corrected chi connectivity index (χ3v) is 2.01. The normalized spacial score (nSPS) is 12.4. The number of guanidine groups is 1. The lowest BCUT2D eigenvalue weighted by Crippen LogP contribution is -2.33. The van der Waals surface area contributed by atoms with E-state index in [1.807, 2.05) is 32.0 Å². The summed E-state index contributed by atoms with van der Waals surface area (Å²) in [5, 5.41) is 8.10. The van der Waals surface area contributed by atoms with Gasteiger partial charge in [-0.2, -0.15) is 5.10 Å². The Morgan fingerprint density at radius 2 is 2.18 bits per heavy atom. The molecule has 1 aromatic rings. The SMILES string of the molecule is CC(C)ON/C(N)=N\N=Cc1ccccc1Cl. The zero-order chi connectivity index (χ0) is 12.7. The first kappa shape index (κ1) is 13.5. The second-order valence-electron chi connectivity index (χ2n) is 3.52. The summed E-state index contributed by atoms with van der Waals surface area (Å²) in [6.07, 6.45) is 1.53. The van der Waals surface area contributed by atoms with Gasteiger partial charge in [0, 0.05) is 10.6 Å². The number of halogens is 1. The molecule has 0 aliphatic heterocycles. The zero-order valence-corrected chi connectivity index (χ0v) is 10.5. The second-order valence-corrected chi connectivity index (χ2v) is 3.93. The highest BCUT2D eigenvalue weighted by Crippen LogP contribution is 2.12. The molecule has 0 bridgehead atoms. The van der Waals surface area contributed by atoms with Crippen molar-refractivity contribution < 1.29 is 4.84 Å². The lowest BCUT2D eigenvalue weighted by molar-refractivity contribution is 0.0324. The third-order valence-electron chi connectivity index (χ3n) is 1.67. The molecule has 0 saturated carbocycles. The van der Waals surface area contributed by atoms with E-state index in [2.05, 4.69) is 15.7 Å². The van der Waals surface area contributed by atoms with Crippen molar-refractivity contribution in [2.24, 2.45) is 15.9 Å². The summed E-state index contributed by atoms with van der Waals surface area (Å²) in [5.74, 6) is 0.0852. The minimum Gasteiger partial charge on any atom is -0.367 e. The highest BCUT2D eigenvalue weighted by Gasteiger charge is 1.95. The number of hydrogen-bond acceptors (Lipinski definition) is 3. The fourth-order valence-electron chi connectivity index (χ4n) is 0.932. The van der Waals surface area contributed by atoms with E-state index in [-0.39, 0.29) is 12.1 Å². The van der Waals surface area contributed by atoms with Gasteiger partial charge in [0.25, 0.3) is 0 Å². The molecule has 17 heavy (non-hydrogen) atoms. The van der Waals surface area contributed by atoms with Gasteiger partial charge < -0.3 is 5.73 Å². The van der Waals surface area contributed by atoms with Crippen molar-refractivity contribution in [1.29, 1.82) is 0 Å². The van der Waals surface area contributed by atoms with Crippen LogP contribution in [0, 0.1) is 0 Å². The molecular formula is C11H15ClN4O. The fraction of sp³-hybridized carbons (Fsp3) is 0.273. The molecule has 92 valence electrons. The van der Waals surface area contributed by atoms with Crippen LogP contribution in [0.3, 0.4) is 0 Å². The maximum Gasteiger partial charge on any atom is 0.237 e. The van der Waals surface area contributed by atoms with E-state index >= 15 is 0 Å². The van der Waals surface area contributed by atoms with Crippen LogP contribution in [0.2, 0.25) is 5.02 Å². The van der Waals surface area contributed by atoms with Crippen molar-refractivity contribution in [2.75, 3.05) is 0 Å². The summed E-state index contributed by atoms with van der Waals surface area (Å²) in [6, 6.07) is 7.31. The molecule has 0 fully saturated rings. The van der Waals surface area contributed by atoms with Crippen LogP contribution < -0.4 is 11.2 Å². The maximum atomic E-state index is 5.93. The number of rotatable bonds is 4. The van der Waals surface area contributed by atoms with Gasteiger partial charge in [0.1, 0.15) is 0 Å². The molecule has 1 aromatic carbocycles. The Morgan fingerprint density at radius 1 is 1.47 bits per heavy atom. The summed E-state index contributed by atoms with van der Waals surface area (Å²) in [6.45, 7) is 3.74. The summed E-state index contributed by atoms with van der Waals surface area (Å²) in [7, 11) is 0. The van der Waals surface area contributed by atoms with Crippen molar-refractivity contribution in [3.8, 4) is 0 Å². The number of nitrogens with two attached hydrogens (primary N) is 1. The Kier molecular flexibility index (Phi) is 5.45. The van der Waals surface area contributed by atoms with Gasteiger partial charge in [-0.25, -0.2) is 5.48 Å². The number of hydrogen-bond donors (Lipinski definition) is 2. The van der Waals surface area contributed by atoms with Crippen molar-refractivity contribution in [2.45, 2.75) is 20.0 Å². The average Bonchev–Trinajstić information content (AvgIpc) is 2.29. The Morgan fingerprint density at radius 3 is 2.82 bits per heavy atom. The van der Waals surface area contributed by atoms with Gasteiger partial charge >= 0.3 is 0 Å². The van der Waals surface area contributed by atoms with Gasteiger partial charge in [-0.15, -0.1) is 5.10 Å². The van der Waals surface area contributed by atoms with Crippen LogP contribution in [0.4, 0.5) is 0 Å². The smallest absolute Gasteiger partial charge is 0.237 e. The molecule has 5 nitrogen and oxygen atoms in total.